The minimum absolute atomic E-state index is 0.222. The highest BCUT2D eigenvalue weighted by molar-refractivity contribution is 7.16. The molecule has 1 aliphatic carbocycles. The summed E-state index contributed by atoms with van der Waals surface area (Å²) in [4.78, 5) is 41.1. The molecule has 0 spiro atoms. The summed E-state index contributed by atoms with van der Waals surface area (Å²) in [6.45, 7) is 0.820. The summed E-state index contributed by atoms with van der Waals surface area (Å²) in [7, 11) is 0. The van der Waals surface area contributed by atoms with Gasteiger partial charge in [0.05, 0.1) is 5.56 Å². The van der Waals surface area contributed by atoms with Gasteiger partial charge in [-0.05, 0) is 42.9 Å². The summed E-state index contributed by atoms with van der Waals surface area (Å²) in [6, 6.07) is 8.91. The number of hydrogen-bond donors (Lipinski definition) is 3. The lowest BCUT2D eigenvalue weighted by Gasteiger charge is -2.16. The Kier molecular flexibility index (Phi) is 6.75. The van der Waals surface area contributed by atoms with Gasteiger partial charge in [-0.2, -0.15) is 5.26 Å². The minimum atomic E-state index is -0.932. The number of amides is 2. The van der Waals surface area contributed by atoms with E-state index < -0.39 is 24.5 Å². The van der Waals surface area contributed by atoms with E-state index in [0.717, 1.165) is 52.6 Å². The van der Waals surface area contributed by atoms with Gasteiger partial charge >= 0.3 is 5.97 Å². The van der Waals surface area contributed by atoms with Crippen LogP contribution in [-0.2, 0) is 38.4 Å². The normalized spacial score (nSPS) is 13.6. The van der Waals surface area contributed by atoms with Gasteiger partial charge in [0.2, 0.25) is 5.91 Å². The number of H-pyrrole nitrogens is 1. The predicted octanol–water partition coefficient (Wildman–Crippen LogP) is 3.21. The van der Waals surface area contributed by atoms with Gasteiger partial charge in [0.15, 0.2) is 6.61 Å². The van der Waals surface area contributed by atoms with Gasteiger partial charge < -0.3 is 20.4 Å². The molecule has 1 aromatic carbocycles. The molecule has 4 rings (SSSR count). The number of hydrogen-bond acceptors (Lipinski definition) is 6. The molecule has 0 bridgehead atoms. The lowest BCUT2D eigenvalue weighted by Crippen LogP contribution is -2.43. The van der Waals surface area contributed by atoms with Crippen molar-refractivity contribution in [2.24, 2.45) is 0 Å². The van der Waals surface area contributed by atoms with Crippen molar-refractivity contribution >= 4 is 45.0 Å². The standard InChI is InChI=1S/C24H24N4O4S/c1-14(29)27-20(10-15-12-26-19-8-4-2-6-16(15)19)24(31)32-13-22(30)28-23-18(11-25)17-7-3-5-9-21(17)33-23/h2,4,6,8,12,20,26H,3,5,7,9-10,13H2,1H3,(H,27,29)(H,28,30)/t20-/m0/s1. The fourth-order valence-electron chi connectivity index (χ4n) is 4.13. The zero-order valence-corrected chi connectivity index (χ0v) is 19.0. The number of nitriles is 1. The number of aromatic nitrogens is 1. The van der Waals surface area contributed by atoms with E-state index >= 15 is 0 Å². The lowest BCUT2D eigenvalue weighted by atomic mass is 9.96. The van der Waals surface area contributed by atoms with Crippen molar-refractivity contribution in [2.45, 2.75) is 45.1 Å². The molecule has 3 N–H and O–H groups in total. The summed E-state index contributed by atoms with van der Waals surface area (Å²) in [5.74, 6) is -1.59. The van der Waals surface area contributed by atoms with Crippen molar-refractivity contribution in [3.63, 3.8) is 0 Å². The first-order valence-electron chi connectivity index (χ1n) is 10.8. The third kappa shape index (κ3) is 5.07. The van der Waals surface area contributed by atoms with E-state index in [0.29, 0.717) is 10.6 Å². The second-order valence-electron chi connectivity index (χ2n) is 8.00. The molecule has 170 valence electrons. The monoisotopic (exact) mass is 464 g/mol. The molecule has 2 aromatic heterocycles. The molecule has 0 radical (unpaired) electrons. The molecule has 1 aliphatic rings. The Morgan fingerprint density at radius 2 is 2.03 bits per heavy atom. The van der Waals surface area contributed by atoms with Gasteiger partial charge in [0.25, 0.3) is 5.91 Å². The maximum Gasteiger partial charge on any atom is 0.329 e. The number of fused-ring (bicyclic) bond motifs is 2. The number of carbonyl (C=O) groups is 3. The van der Waals surface area contributed by atoms with E-state index in [-0.39, 0.29) is 12.3 Å². The maximum absolute atomic E-state index is 12.7. The van der Waals surface area contributed by atoms with Gasteiger partial charge in [-0.15, -0.1) is 11.3 Å². The quantitative estimate of drug-likeness (QED) is 0.463. The SMILES string of the molecule is CC(=O)N[C@@H](Cc1c[nH]c2ccccc12)C(=O)OCC(=O)Nc1sc2c(c1C#N)CCCC2. The predicted molar refractivity (Wildman–Crippen MR) is 125 cm³/mol. The molecule has 3 aromatic rings. The Balaban J connectivity index is 1.40. The minimum Gasteiger partial charge on any atom is -0.454 e. The highest BCUT2D eigenvalue weighted by atomic mass is 32.1. The second-order valence-corrected chi connectivity index (χ2v) is 9.10. The van der Waals surface area contributed by atoms with Crippen molar-refractivity contribution in [1.82, 2.24) is 10.3 Å². The molecule has 1 atom stereocenters. The Hall–Kier alpha value is -3.64. The molecule has 0 saturated heterocycles. The van der Waals surface area contributed by atoms with Crippen LogP contribution in [0.15, 0.2) is 30.5 Å². The molecule has 0 aliphatic heterocycles. The average Bonchev–Trinajstić information content (AvgIpc) is 3.37. The number of aryl methyl sites for hydroxylation is 1. The third-order valence-corrected chi connectivity index (χ3v) is 6.85. The summed E-state index contributed by atoms with van der Waals surface area (Å²) in [5, 5.41) is 16.3. The topological polar surface area (TPSA) is 124 Å². The van der Waals surface area contributed by atoms with Crippen LogP contribution in [0, 0.1) is 11.3 Å². The summed E-state index contributed by atoms with van der Waals surface area (Å²) in [5.41, 5.74) is 3.30. The molecular weight excluding hydrogens is 440 g/mol. The smallest absolute Gasteiger partial charge is 0.329 e. The van der Waals surface area contributed by atoms with Crippen molar-refractivity contribution in [3.8, 4) is 6.07 Å². The molecule has 8 nitrogen and oxygen atoms in total. The first kappa shape index (κ1) is 22.6. The number of thiophene rings is 1. The van der Waals surface area contributed by atoms with Crippen molar-refractivity contribution in [2.75, 3.05) is 11.9 Å². The highest BCUT2D eigenvalue weighted by Gasteiger charge is 2.25. The molecule has 33 heavy (non-hydrogen) atoms. The Bertz CT molecular complexity index is 1250. The second kappa shape index (κ2) is 9.88. The van der Waals surface area contributed by atoms with Crippen LogP contribution in [0.25, 0.3) is 10.9 Å². The molecule has 9 heteroatoms. The van der Waals surface area contributed by atoms with Crippen molar-refractivity contribution < 1.29 is 19.1 Å². The number of aromatic amines is 1. The fourth-order valence-corrected chi connectivity index (χ4v) is 5.39. The molecule has 0 unspecified atom stereocenters. The van der Waals surface area contributed by atoms with E-state index in [1.54, 1.807) is 6.20 Å². The largest absolute Gasteiger partial charge is 0.454 e. The molecule has 0 saturated carbocycles. The number of rotatable bonds is 7. The summed E-state index contributed by atoms with van der Waals surface area (Å²) >= 11 is 1.41. The summed E-state index contributed by atoms with van der Waals surface area (Å²) in [6.07, 6.45) is 5.87. The number of nitrogens with zero attached hydrogens (tertiary/aromatic N) is 1. The number of ether oxygens (including phenoxy) is 1. The number of nitrogens with one attached hydrogen (secondary N) is 3. The number of benzene rings is 1. The number of carbonyl (C=O) groups excluding carboxylic acids is 3. The van der Waals surface area contributed by atoms with Crippen LogP contribution in [0.4, 0.5) is 5.00 Å². The van der Waals surface area contributed by atoms with E-state index in [1.807, 2.05) is 24.3 Å². The third-order valence-electron chi connectivity index (χ3n) is 5.64. The van der Waals surface area contributed by atoms with Gasteiger partial charge in [-0.3, -0.25) is 9.59 Å². The van der Waals surface area contributed by atoms with Crippen LogP contribution < -0.4 is 10.6 Å². The van der Waals surface area contributed by atoms with Crippen LogP contribution in [0.2, 0.25) is 0 Å². The summed E-state index contributed by atoms with van der Waals surface area (Å²) < 4.78 is 5.22. The van der Waals surface area contributed by atoms with Crippen molar-refractivity contribution in [3.05, 3.63) is 52.0 Å². The van der Waals surface area contributed by atoms with Gasteiger partial charge in [-0.25, -0.2) is 4.79 Å². The van der Waals surface area contributed by atoms with E-state index in [4.69, 9.17) is 4.74 Å². The molecule has 0 fully saturated rings. The van der Waals surface area contributed by atoms with E-state index in [2.05, 4.69) is 21.7 Å². The first-order valence-corrected chi connectivity index (χ1v) is 11.6. The number of anilines is 1. The van der Waals surface area contributed by atoms with Gasteiger partial charge in [0.1, 0.15) is 17.1 Å². The van der Waals surface area contributed by atoms with Crippen LogP contribution >= 0.6 is 11.3 Å². The maximum atomic E-state index is 12.7. The first-order chi connectivity index (χ1) is 16.0. The fraction of sp³-hybridized carbons (Fsp3) is 0.333. The van der Waals surface area contributed by atoms with Gasteiger partial charge in [0, 0.05) is 35.3 Å². The zero-order valence-electron chi connectivity index (χ0n) is 18.2. The van der Waals surface area contributed by atoms with Crippen molar-refractivity contribution in [1.29, 1.82) is 5.26 Å². The average molecular weight is 465 g/mol. The van der Waals surface area contributed by atoms with Crippen LogP contribution in [0.5, 0.6) is 0 Å². The van der Waals surface area contributed by atoms with Crippen LogP contribution in [0.1, 0.15) is 41.3 Å². The number of esters is 1. The highest BCUT2D eigenvalue weighted by Crippen LogP contribution is 2.37. The number of para-hydroxylation sites is 1. The molecular formula is C24H24N4O4S. The van der Waals surface area contributed by atoms with Crippen LogP contribution in [0.3, 0.4) is 0 Å². The molecule has 2 amide bonds. The van der Waals surface area contributed by atoms with Crippen LogP contribution in [-0.4, -0.2) is 35.4 Å². The Morgan fingerprint density at radius 1 is 1.24 bits per heavy atom. The zero-order chi connectivity index (χ0) is 23.4. The Morgan fingerprint density at radius 3 is 2.82 bits per heavy atom. The van der Waals surface area contributed by atoms with E-state index in [1.165, 1.54) is 18.3 Å². The lowest BCUT2D eigenvalue weighted by molar-refractivity contribution is -0.150. The Labute approximate surface area is 194 Å². The molecule has 2 heterocycles. The van der Waals surface area contributed by atoms with E-state index in [9.17, 15) is 19.6 Å². The van der Waals surface area contributed by atoms with Gasteiger partial charge in [-0.1, -0.05) is 18.2 Å².